The highest BCUT2D eigenvalue weighted by molar-refractivity contribution is 6.34. The van der Waals surface area contributed by atoms with Gasteiger partial charge in [0, 0.05) is 5.56 Å². The molecule has 0 bridgehead atoms. The van der Waals surface area contributed by atoms with Gasteiger partial charge in [0.2, 0.25) is 5.90 Å². The molecular weight excluding hydrogens is 453 g/mol. The zero-order valence-electron chi connectivity index (χ0n) is 16.7. The van der Waals surface area contributed by atoms with E-state index in [0.29, 0.717) is 11.1 Å². The van der Waals surface area contributed by atoms with Gasteiger partial charge in [0.15, 0.2) is 17.2 Å². The predicted octanol–water partition coefficient (Wildman–Crippen LogP) is 5.57. The summed E-state index contributed by atoms with van der Waals surface area (Å²) in [6, 6.07) is 18.7. The molecule has 0 radical (unpaired) electrons. The van der Waals surface area contributed by atoms with Gasteiger partial charge < -0.3 is 14.2 Å². The van der Waals surface area contributed by atoms with E-state index in [1.165, 1.54) is 25.3 Å². The van der Waals surface area contributed by atoms with Gasteiger partial charge in [-0.05, 0) is 48.0 Å². The number of carbonyl (C=O) groups is 2. The minimum absolute atomic E-state index is 0.0312. The van der Waals surface area contributed by atoms with E-state index in [-0.39, 0.29) is 38.7 Å². The zero-order chi connectivity index (χ0) is 22.7. The van der Waals surface area contributed by atoms with Gasteiger partial charge in [-0.2, -0.15) is 0 Å². The first-order valence-electron chi connectivity index (χ1n) is 9.38. The van der Waals surface area contributed by atoms with Crippen molar-refractivity contribution in [3.05, 3.63) is 99.2 Å². The molecule has 0 spiro atoms. The Hall–Kier alpha value is -3.61. The molecule has 8 heteroatoms. The van der Waals surface area contributed by atoms with Crippen LogP contribution in [0.15, 0.2) is 77.4 Å². The fourth-order valence-electron chi connectivity index (χ4n) is 2.97. The van der Waals surface area contributed by atoms with E-state index in [9.17, 15) is 9.59 Å². The van der Waals surface area contributed by atoms with Crippen LogP contribution in [0.2, 0.25) is 10.0 Å². The number of rotatable bonds is 5. The molecule has 3 aromatic rings. The fraction of sp³-hybridized carbons (Fsp3) is 0.0417. The van der Waals surface area contributed by atoms with E-state index >= 15 is 0 Å². The van der Waals surface area contributed by atoms with E-state index in [4.69, 9.17) is 37.4 Å². The molecule has 0 atom stereocenters. The number of benzene rings is 3. The lowest BCUT2D eigenvalue weighted by Crippen LogP contribution is -2.10. The average molecular weight is 468 g/mol. The van der Waals surface area contributed by atoms with Crippen LogP contribution in [0.5, 0.6) is 11.5 Å². The lowest BCUT2D eigenvalue weighted by atomic mass is 10.1. The standard InChI is InChI=1S/C24H15Cl2NO5/c1-30-20-13-14(12-19-24(29)32-22(27-19)15-7-3-2-4-8-15)11-18(26)21(20)31-23(28)16-9-5-6-10-17(16)25/h2-13H,1H3/b19-12-. The third-order valence-corrected chi connectivity index (χ3v) is 5.10. The normalized spacial score (nSPS) is 14.2. The largest absolute Gasteiger partial charge is 0.493 e. The molecule has 6 nitrogen and oxygen atoms in total. The van der Waals surface area contributed by atoms with Crippen LogP contribution in [0.1, 0.15) is 21.5 Å². The summed E-state index contributed by atoms with van der Waals surface area (Å²) >= 11 is 12.4. The topological polar surface area (TPSA) is 74.2 Å². The van der Waals surface area contributed by atoms with E-state index < -0.39 is 11.9 Å². The highest BCUT2D eigenvalue weighted by Crippen LogP contribution is 2.38. The molecule has 0 N–H and O–H groups in total. The minimum atomic E-state index is -0.682. The van der Waals surface area contributed by atoms with Crippen LogP contribution in [0.4, 0.5) is 0 Å². The van der Waals surface area contributed by atoms with Gasteiger partial charge in [-0.15, -0.1) is 0 Å². The van der Waals surface area contributed by atoms with Crippen LogP contribution in [0.25, 0.3) is 6.08 Å². The number of halogens is 2. The minimum Gasteiger partial charge on any atom is -0.493 e. The summed E-state index contributed by atoms with van der Waals surface area (Å²) < 4.78 is 16.0. The lowest BCUT2D eigenvalue weighted by Gasteiger charge is -2.12. The quantitative estimate of drug-likeness (QED) is 0.278. The highest BCUT2D eigenvalue weighted by Gasteiger charge is 2.25. The summed E-state index contributed by atoms with van der Waals surface area (Å²) in [7, 11) is 1.41. The van der Waals surface area contributed by atoms with E-state index in [0.717, 1.165) is 0 Å². The maximum Gasteiger partial charge on any atom is 0.363 e. The first kappa shape index (κ1) is 21.6. The van der Waals surface area contributed by atoms with Crippen LogP contribution < -0.4 is 9.47 Å². The third-order valence-electron chi connectivity index (χ3n) is 4.48. The number of hydrogen-bond donors (Lipinski definition) is 0. The summed E-state index contributed by atoms with van der Waals surface area (Å²) in [5.74, 6) is -0.830. The molecule has 1 aliphatic heterocycles. The summed E-state index contributed by atoms with van der Waals surface area (Å²) in [5.41, 5.74) is 1.48. The first-order chi connectivity index (χ1) is 15.5. The second-order valence-electron chi connectivity index (χ2n) is 6.61. The number of esters is 2. The van der Waals surface area contributed by atoms with Crippen LogP contribution in [-0.4, -0.2) is 24.9 Å². The number of cyclic esters (lactones) is 1. The molecule has 3 aromatic carbocycles. The molecule has 4 rings (SSSR count). The molecule has 32 heavy (non-hydrogen) atoms. The van der Waals surface area contributed by atoms with Gasteiger partial charge in [0.1, 0.15) is 0 Å². The van der Waals surface area contributed by atoms with Gasteiger partial charge >= 0.3 is 11.9 Å². The van der Waals surface area contributed by atoms with Crippen molar-refractivity contribution >= 4 is 47.1 Å². The Morgan fingerprint density at radius 3 is 2.44 bits per heavy atom. The monoisotopic (exact) mass is 467 g/mol. The molecular formula is C24H15Cl2NO5. The van der Waals surface area contributed by atoms with Gasteiger partial charge in [0.25, 0.3) is 0 Å². The molecule has 0 aromatic heterocycles. The van der Waals surface area contributed by atoms with E-state index in [1.54, 1.807) is 36.4 Å². The predicted molar refractivity (Wildman–Crippen MR) is 121 cm³/mol. The van der Waals surface area contributed by atoms with Crippen LogP contribution in [-0.2, 0) is 9.53 Å². The Bertz CT molecular complexity index is 1270. The van der Waals surface area contributed by atoms with Crippen LogP contribution >= 0.6 is 23.2 Å². The summed E-state index contributed by atoms with van der Waals surface area (Å²) in [4.78, 5) is 29.0. The molecule has 1 aliphatic rings. The van der Waals surface area contributed by atoms with Crippen LogP contribution in [0.3, 0.4) is 0 Å². The molecule has 0 saturated carbocycles. The van der Waals surface area contributed by atoms with Crippen molar-refractivity contribution < 1.29 is 23.8 Å². The van der Waals surface area contributed by atoms with E-state index in [1.807, 2.05) is 18.2 Å². The summed E-state index contributed by atoms with van der Waals surface area (Å²) in [6.45, 7) is 0. The smallest absolute Gasteiger partial charge is 0.363 e. The van der Waals surface area contributed by atoms with Crippen molar-refractivity contribution in [2.24, 2.45) is 4.99 Å². The fourth-order valence-corrected chi connectivity index (χ4v) is 3.44. The first-order valence-corrected chi connectivity index (χ1v) is 10.1. The Kier molecular flexibility index (Phi) is 6.25. The number of carbonyl (C=O) groups excluding carboxylic acids is 2. The number of methoxy groups -OCH3 is 1. The van der Waals surface area contributed by atoms with Crippen molar-refractivity contribution in [2.75, 3.05) is 7.11 Å². The van der Waals surface area contributed by atoms with Gasteiger partial charge in [0.05, 0.1) is 22.7 Å². The maximum atomic E-state index is 12.5. The second-order valence-corrected chi connectivity index (χ2v) is 7.42. The molecule has 0 saturated heterocycles. The number of aliphatic imine (C=N–C) groups is 1. The Labute approximate surface area is 193 Å². The number of nitrogens with zero attached hydrogens (tertiary/aromatic N) is 1. The van der Waals surface area contributed by atoms with Gasteiger partial charge in [-0.3, -0.25) is 0 Å². The van der Waals surface area contributed by atoms with E-state index in [2.05, 4.69) is 4.99 Å². The molecule has 0 amide bonds. The highest BCUT2D eigenvalue weighted by atomic mass is 35.5. The zero-order valence-corrected chi connectivity index (χ0v) is 18.2. The van der Waals surface area contributed by atoms with Crippen LogP contribution in [0, 0.1) is 0 Å². The maximum absolute atomic E-state index is 12.5. The van der Waals surface area contributed by atoms with Crippen molar-refractivity contribution in [1.29, 1.82) is 0 Å². The van der Waals surface area contributed by atoms with Gasteiger partial charge in [-0.1, -0.05) is 53.5 Å². The molecule has 0 unspecified atom stereocenters. The Morgan fingerprint density at radius 1 is 1.00 bits per heavy atom. The van der Waals surface area contributed by atoms with Crippen molar-refractivity contribution in [2.45, 2.75) is 0 Å². The van der Waals surface area contributed by atoms with Crippen molar-refractivity contribution in [1.82, 2.24) is 0 Å². The Balaban J connectivity index is 1.64. The lowest BCUT2D eigenvalue weighted by molar-refractivity contribution is -0.129. The molecule has 1 heterocycles. The van der Waals surface area contributed by atoms with Crippen molar-refractivity contribution in [3.8, 4) is 11.5 Å². The molecule has 0 aliphatic carbocycles. The third kappa shape index (κ3) is 4.51. The Morgan fingerprint density at radius 2 is 1.72 bits per heavy atom. The SMILES string of the molecule is COc1cc(/C=C2\N=C(c3ccccc3)OC2=O)cc(Cl)c1OC(=O)c1ccccc1Cl. The number of hydrogen-bond acceptors (Lipinski definition) is 6. The number of ether oxygens (including phenoxy) is 3. The molecule has 160 valence electrons. The summed E-state index contributed by atoms with van der Waals surface area (Å²) in [5, 5.41) is 0.357. The van der Waals surface area contributed by atoms with Crippen molar-refractivity contribution in [3.63, 3.8) is 0 Å². The molecule has 0 fully saturated rings. The summed E-state index contributed by atoms with van der Waals surface area (Å²) in [6.07, 6.45) is 1.51. The average Bonchev–Trinajstić information content (AvgIpc) is 3.16. The van der Waals surface area contributed by atoms with Gasteiger partial charge in [-0.25, -0.2) is 14.6 Å². The second kappa shape index (κ2) is 9.26.